The van der Waals surface area contributed by atoms with Gasteiger partial charge in [-0.25, -0.2) is 0 Å². The van der Waals surface area contributed by atoms with Crippen molar-refractivity contribution in [3.05, 3.63) is 12.2 Å². The molecule has 0 aliphatic rings. The molecule has 0 heterocycles. The van der Waals surface area contributed by atoms with E-state index in [1.165, 1.54) is 141 Å². The molecule has 1 unspecified atom stereocenters. The lowest BCUT2D eigenvalue weighted by molar-refractivity contribution is -0.150. The van der Waals surface area contributed by atoms with E-state index in [4.69, 9.17) is 9.47 Å². The summed E-state index contributed by atoms with van der Waals surface area (Å²) in [5, 5.41) is 0. The molecule has 1 atom stereocenters. The molecule has 0 N–H and O–H groups in total. The minimum Gasteiger partial charge on any atom is -0.466 e. The zero-order valence-electron chi connectivity index (χ0n) is 28.6. The summed E-state index contributed by atoms with van der Waals surface area (Å²) in [7, 11) is 0. The fourth-order valence-corrected chi connectivity index (χ4v) is 5.38. The maximum Gasteiger partial charge on any atom is 0.306 e. The number of allylic oxidation sites excluding steroid dienone is 2. The van der Waals surface area contributed by atoms with Crippen LogP contribution in [0.3, 0.4) is 0 Å². The van der Waals surface area contributed by atoms with E-state index in [1.54, 1.807) is 0 Å². The number of unbranched alkanes of at least 4 members (excludes halogenated alkanes) is 23. The van der Waals surface area contributed by atoms with Crippen LogP contribution in [-0.2, 0) is 19.1 Å². The number of carbonyl (C=O) groups excluding carboxylic acids is 2. The molecule has 0 aromatic carbocycles. The molecule has 0 saturated carbocycles. The van der Waals surface area contributed by atoms with Gasteiger partial charge in [-0.3, -0.25) is 9.59 Å². The van der Waals surface area contributed by atoms with Gasteiger partial charge in [0.1, 0.15) is 6.10 Å². The lowest BCUT2D eigenvalue weighted by atomic mass is 10.0. The number of esters is 2. The molecule has 248 valence electrons. The molecule has 0 bridgehead atoms. The van der Waals surface area contributed by atoms with Crippen LogP contribution in [0.25, 0.3) is 0 Å². The summed E-state index contributed by atoms with van der Waals surface area (Å²) in [6.07, 6.45) is 39.2. The molecule has 0 radical (unpaired) electrons. The highest BCUT2D eigenvalue weighted by molar-refractivity contribution is 5.69. The molecule has 0 aliphatic heterocycles. The maximum absolute atomic E-state index is 12.1. The van der Waals surface area contributed by atoms with Crippen LogP contribution in [0.1, 0.15) is 207 Å². The quantitative estimate of drug-likeness (QED) is 0.0432. The van der Waals surface area contributed by atoms with Gasteiger partial charge in [-0.1, -0.05) is 154 Å². The van der Waals surface area contributed by atoms with Crippen molar-refractivity contribution in [2.24, 2.45) is 0 Å². The van der Waals surface area contributed by atoms with Crippen molar-refractivity contribution >= 4 is 11.9 Å². The molecular formula is C38H72O4. The Morgan fingerprint density at radius 2 is 0.857 bits per heavy atom. The normalized spacial score (nSPS) is 12.2. The van der Waals surface area contributed by atoms with Gasteiger partial charge in [0.15, 0.2) is 0 Å². The third-order valence-corrected chi connectivity index (χ3v) is 8.25. The number of hydrogen-bond donors (Lipinski definition) is 0. The molecule has 0 aromatic rings. The van der Waals surface area contributed by atoms with E-state index < -0.39 is 0 Å². The smallest absolute Gasteiger partial charge is 0.306 e. The van der Waals surface area contributed by atoms with Crippen LogP contribution in [-0.4, -0.2) is 24.6 Å². The summed E-state index contributed by atoms with van der Waals surface area (Å²) < 4.78 is 10.9. The number of rotatable bonds is 33. The summed E-state index contributed by atoms with van der Waals surface area (Å²) in [5.41, 5.74) is 0. The molecule has 4 heteroatoms. The first-order valence-electron chi connectivity index (χ1n) is 18.6. The summed E-state index contributed by atoms with van der Waals surface area (Å²) in [6.45, 7) is 6.76. The minimum absolute atomic E-state index is 0.120. The molecule has 0 saturated heterocycles. The Morgan fingerprint density at radius 1 is 0.500 bits per heavy atom. The van der Waals surface area contributed by atoms with E-state index in [0.717, 1.165) is 25.7 Å². The van der Waals surface area contributed by atoms with E-state index >= 15 is 0 Å². The Hall–Kier alpha value is -1.32. The Labute approximate surface area is 262 Å². The van der Waals surface area contributed by atoms with E-state index in [0.29, 0.717) is 25.9 Å². The Kier molecular flexibility index (Phi) is 33.1. The first kappa shape index (κ1) is 40.7. The van der Waals surface area contributed by atoms with Gasteiger partial charge in [0.25, 0.3) is 0 Å². The molecule has 42 heavy (non-hydrogen) atoms. The van der Waals surface area contributed by atoms with Crippen LogP contribution < -0.4 is 0 Å². The van der Waals surface area contributed by atoms with Gasteiger partial charge in [-0.2, -0.15) is 0 Å². The monoisotopic (exact) mass is 593 g/mol. The number of ether oxygens (including phenoxy) is 2. The fraction of sp³-hybridized carbons (Fsp3) is 0.895. The first-order valence-corrected chi connectivity index (χ1v) is 18.6. The lowest BCUT2D eigenvalue weighted by Crippen LogP contribution is -2.18. The predicted octanol–water partition coefficient (Wildman–Crippen LogP) is 12.4. The SMILES string of the molecule is CCCCCCCC/C=C\CCCCCCCC(=O)OCCC(C)OC(=O)CCCCCCCCCCCCCCC. The molecule has 0 spiro atoms. The summed E-state index contributed by atoms with van der Waals surface area (Å²) in [5.74, 6) is -0.247. The molecule has 0 amide bonds. The van der Waals surface area contributed by atoms with Gasteiger partial charge < -0.3 is 9.47 Å². The van der Waals surface area contributed by atoms with Crippen LogP contribution >= 0.6 is 0 Å². The van der Waals surface area contributed by atoms with Gasteiger partial charge in [-0.05, 0) is 45.4 Å². The first-order chi connectivity index (χ1) is 20.6. The molecule has 0 rings (SSSR count). The zero-order valence-corrected chi connectivity index (χ0v) is 28.6. The average molecular weight is 593 g/mol. The summed E-state index contributed by atoms with van der Waals surface area (Å²) in [4.78, 5) is 24.1. The standard InChI is InChI=1S/C38H72O4/c1-4-6-8-10-12-14-16-18-19-21-22-24-26-28-30-32-37(39)41-35-34-36(3)42-38(40)33-31-29-27-25-23-20-17-15-13-11-9-7-5-2/h18-19,36H,4-17,20-35H2,1-3H3/b19-18-. The summed E-state index contributed by atoms with van der Waals surface area (Å²) in [6, 6.07) is 0. The van der Waals surface area contributed by atoms with Crippen LogP contribution in [0.2, 0.25) is 0 Å². The van der Waals surface area contributed by atoms with Gasteiger partial charge >= 0.3 is 11.9 Å². The van der Waals surface area contributed by atoms with E-state index in [2.05, 4.69) is 26.0 Å². The van der Waals surface area contributed by atoms with Gasteiger partial charge in [0.05, 0.1) is 6.61 Å². The lowest BCUT2D eigenvalue weighted by Gasteiger charge is -2.13. The summed E-state index contributed by atoms with van der Waals surface area (Å²) >= 11 is 0. The Balaban J connectivity index is 3.42. The zero-order chi connectivity index (χ0) is 30.8. The van der Waals surface area contributed by atoms with Crippen LogP contribution in [0.15, 0.2) is 12.2 Å². The van der Waals surface area contributed by atoms with Crippen molar-refractivity contribution in [1.82, 2.24) is 0 Å². The Morgan fingerprint density at radius 3 is 1.29 bits per heavy atom. The second kappa shape index (κ2) is 34.2. The van der Waals surface area contributed by atoms with E-state index in [-0.39, 0.29) is 18.0 Å². The Bertz CT molecular complexity index is 600. The third kappa shape index (κ3) is 33.2. The van der Waals surface area contributed by atoms with E-state index in [1.807, 2.05) is 6.92 Å². The largest absolute Gasteiger partial charge is 0.466 e. The third-order valence-electron chi connectivity index (χ3n) is 8.25. The molecule has 4 nitrogen and oxygen atoms in total. The molecule has 0 aromatic heterocycles. The van der Waals surface area contributed by atoms with Crippen molar-refractivity contribution in [2.75, 3.05) is 6.61 Å². The molecular weight excluding hydrogens is 520 g/mol. The minimum atomic E-state index is -0.202. The second-order valence-corrected chi connectivity index (χ2v) is 12.6. The van der Waals surface area contributed by atoms with Gasteiger partial charge in [0.2, 0.25) is 0 Å². The average Bonchev–Trinajstić information content (AvgIpc) is 2.97. The predicted molar refractivity (Wildman–Crippen MR) is 181 cm³/mol. The highest BCUT2D eigenvalue weighted by atomic mass is 16.6. The molecule has 0 aliphatic carbocycles. The van der Waals surface area contributed by atoms with Crippen molar-refractivity contribution < 1.29 is 19.1 Å². The number of hydrogen-bond acceptors (Lipinski definition) is 4. The van der Waals surface area contributed by atoms with E-state index in [9.17, 15) is 9.59 Å². The van der Waals surface area contributed by atoms with Crippen molar-refractivity contribution in [1.29, 1.82) is 0 Å². The topological polar surface area (TPSA) is 52.6 Å². The van der Waals surface area contributed by atoms with Gasteiger partial charge in [-0.15, -0.1) is 0 Å². The van der Waals surface area contributed by atoms with Crippen LogP contribution in [0.4, 0.5) is 0 Å². The van der Waals surface area contributed by atoms with Crippen LogP contribution in [0, 0.1) is 0 Å². The maximum atomic E-state index is 12.1. The fourth-order valence-electron chi connectivity index (χ4n) is 5.38. The highest BCUT2D eigenvalue weighted by Gasteiger charge is 2.11. The second-order valence-electron chi connectivity index (χ2n) is 12.6. The van der Waals surface area contributed by atoms with Gasteiger partial charge in [0, 0.05) is 19.3 Å². The van der Waals surface area contributed by atoms with Crippen molar-refractivity contribution in [3.8, 4) is 0 Å². The highest BCUT2D eigenvalue weighted by Crippen LogP contribution is 2.14. The van der Waals surface area contributed by atoms with Crippen molar-refractivity contribution in [2.45, 2.75) is 213 Å². The molecule has 0 fully saturated rings. The van der Waals surface area contributed by atoms with Crippen molar-refractivity contribution in [3.63, 3.8) is 0 Å². The van der Waals surface area contributed by atoms with Crippen LogP contribution in [0.5, 0.6) is 0 Å². The number of carbonyl (C=O) groups is 2.